The van der Waals surface area contributed by atoms with E-state index in [0.717, 1.165) is 30.3 Å². The van der Waals surface area contributed by atoms with E-state index < -0.39 is 17.2 Å². The highest BCUT2D eigenvalue weighted by molar-refractivity contribution is 5.93. The third-order valence-electron chi connectivity index (χ3n) is 4.54. The van der Waals surface area contributed by atoms with E-state index in [2.05, 4.69) is 15.3 Å². The number of carbonyl (C=O) groups excluding carboxylic acids is 1. The van der Waals surface area contributed by atoms with Gasteiger partial charge in [-0.3, -0.25) is 19.1 Å². The number of nitrogens with zero attached hydrogens (tertiary/aromatic N) is 2. The minimum absolute atomic E-state index is 0.0273. The fourth-order valence-corrected chi connectivity index (χ4v) is 3.16. The van der Waals surface area contributed by atoms with Crippen LogP contribution in [0.5, 0.6) is 0 Å². The molecule has 0 aromatic carbocycles. The lowest BCUT2D eigenvalue weighted by Gasteiger charge is -2.16. The first-order chi connectivity index (χ1) is 12.1. The van der Waals surface area contributed by atoms with Gasteiger partial charge in [0, 0.05) is 18.4 Å². The van der Waals surface area contributed by atoms with Gasteiger partial charge >= 0.3 is 5.69 Å². The largest absolute Gasteiger partial charge is 0.349 e. The summed E-state index contributed by atoms with van der Waals surface area (Å²) in [4.78, 5) is 43.7. The van der Waals surface area contributed by atoms with Crippen LogP contribution in [-0.2, 0) is 6.54 Å². The summed E-state index contributed by atoms with van der Waals surface area (Å²) >= 11 is 0. The number of aromatic nitrogens is 3. The van der Waals surface area contributed by atoms with Crippen LogP contribution in [0.4, 0.5) is 0 Å². The number of pyridine rings is 1. The zero-order valence-corrected chi connectivity index (χ0v) is 14.0. The van der Waals surface area contributed by atoms with Gasteiger partial charge in [0.15, 0.2) is 0 Å². The number of nitrogens with one attached hydrogen (secondary N) is 2. The van der Waals surface area contributed by atoms with E-state index >= 15 is 0 Å². The maximum absolute atomic E-state index is 12.6. The standard InChI is InChI=1S/C18H22N4O3/c23-16(21-13-7-3-1-2-4-8-13)15-11-20-18(25)22(17(15)24)12-14-9-5-6-10-19-14/h5-6,9-11,13H,1-4,7-8,12H2,(H,20,25)(H,21,23). The second-order valence-electron chi connectivity index (χ2n) is 6.38. The van der Waals surface area contributed by atoms with Crippen molar-refractivity contribution >= 4 is 5.91 Å². The van der Waals surface area contributed by atoms with Crippen LogP contribution < -0.4 is 16.6 Å². The van der Waals surface area contributed by atoms with Crippen molar-refractivity contribution in [3.63, 3.8) is 0 Å². The van der Waals surface area contributed by atoms with Crippen LogP contribution in [0.1, 0.15) is 54.6 Å². The van der Waals surface area contributed by atoms with E-state index in [1.807, 2.05) is 0 Å². The van der Waals surface area contributed by atoms with E-state index in [-0.39, 0.29) is 18.2 Å². The molecule has 0 aliphatic heterocycles. The van der Waals surface area contributed by atoms with E-state index in [1.165, 1.54) is 19.0 Å². The fraction of sp³-hybridized carbons (Fsp3) is 0.444. The second kappa shape index (κ2) is 7.92. The second-order valence-corrected chi connectivity index (χ2v) is 6.38. The summed E-state index contributed by atoms with van der Waals surface area (Å²) in [6.07, 6.45) is 9.18. The van der Waals surface area contributed by atoms with Crippen molar-refractivity contribution in [3.8, 4) is 0 Å². The van der Waals surface area contributed by atoms with E-state index in [9.17, 15) is 14.4 Å². The molecule has 0 bridgehead atoms. The molecule has 7 heteroatoms. The van der Waals surface area contributed by atoms with E-state index in [4.69, 9.17) is 0 Å². The molecular weight excluding hydrogens is 320 g/mol. The average Bonchev–Trinajstić information content (AvgIpc) is 2.88. The molecule has 0 atom stereocenters. The van der Waals surface area contributed by atoms with Gasteiger partial charge in [-0.1, -0.05) is 31.7 Å². The number of hydrogen-bond donors (Lipinski definition) is 2. The molecule has 0 saturated heterocycles. The van der Waals surface area contributed by atoms with Gasteiger partial charge in [-0.15, -0.1) is 0 Å². The first-order valence-electron chi connectivity index (χ1n) is 8.68. The number of hydrogen-bond acceptors (Lipinski definition) is 4. The van der Waals surface area contributed by atoms with Crippen LogP contribution >= 0.6 is 0 Å². The zero-order chi connectivity index (χ0) is 17.6. The Bertz CT molecular complexity index is 833. The Morgan fingerprint density at radius 1 is 1.20 bits per heavy atom. The maximum Gasteiger partial charge on any atom is 0.328 e. The summed E-state index contributed by atoms with van der Waals surface area (Å²) in [5, 5.41) is 2.94. The molecule has 1 fully saturated rings. The highest BCUT2D eigenvalue weighted by Crippen LogP contribution is 2.17. The predicted octanol–water partition coefficient (Wildman–Crippen LogP) is 1.43. The molecule has 2 aromatic heterocycles. The van der Waals surface area contributed by atoms with Crippen LogP contribution in [0.3, 0.4) is 0 Å². The molecule has 2 N–H and O–H groups in total. The Morgan fingerprint density at radius 2 is 1.96 bits per heavy atom. The first kappa shape index (κ1) is 17.1. The smallest absolute Gasteiger partial charge is 0.328 e. The van der Waals surface area contributed by atoms with Crippen molar-refractivity contribution < 1.29 is 4.79 Å². The van der Waals surface area contributed by atoms with Gasteiger partial charge in [0.1, 0.15) is 5.56 Å². The predicted molar refractivity (Wildman–Crippen MR) is 93.6 cm³/mol. The molecule has 2 aromatic rings. The molecule has 1 amide bonds. The third kappa shape index (κ3) is 4.23. The third-order valence-corrected chi connectivity index (χ3v) is 4.54. The summed E-state index contributed by atoms with van der Waals surface area (Å²) in [6.45, 7) is 0.0273. The van der Waals surface area contributed by atoms with Crippen LogP contribution in [0.25, 0.3) is 0 Å². The lowest BCUT2D eigenvalue weighted by atomic mass is 10.1. The zero-order valence-electron chi connectivity index (χ0n) is 14.0. The quantitative estimate of drug-likeness (QED) is 0.822. The van der Waals surface area contributed by atoms with Crippen LogP contribution in [0.2, 0.25) is 0 Å². The van der Waals surface area contributed by atoms with Gasteiger partial charge in [0.05, 0.1) is 12.2 Å². The summed E-state index contributed by atoms with van der Waals surface area (Å²) in [6, 6.07) is 5.35. The van der Waals surface area contributed by atoms with Gasteiger partial charge in [-0.2, -0.15) is 0 Å². The average molecular weight is 342 g/mol. The minimum Gasteiger partial charge on any atom is -0.349 e. The van der Waals surface area contributed by atoms with Gasteiger partial charge in [0.25, 0.3) is 11.5 Å². The Kier molecular flexibility index (Phi) is 5.42. The van der Waals surface area contributed by atoms with Crippen molar-refractivity contribution in [2.45, 2.75) is 51.1 Å². The molecule has 132 valence electrons. The lowest BCUT2D eigenvalue weighted by Crippen LogP contribution is -2.43. The molecule has 1 saturated carbocycles. The molecule has 0 radical (unpaired) electrons. The molecule has 7 nitrogen and oxygen atoms in total. The molecule has 2 heterocycles. The van der Waals surface area contributed by atoms with Crippen LogP contribution in [-0.4, -0.2) is 26.5 Å². The van der Waals surface area contributed by atoms with Crippen LogP contribution in [0.15, 0.2) is 40.2 Å². The van der Waals surface area contributed by atoms with Gasteiger partial charge < -0.3 is 10.3 Å². The maximum atomic E-state index is 12.6. The van der Waals surface area contributed by atoms with Crippen molar-refractivity contribution in [1.82, 2.24) is 19.9 Å². The monoisotopic (exact) mass is 342 g/mol. The molecule has 3 rings (SSSR count). The Hall–Kier alpha value is -2.70. The van der Waals surface area contributed by atoms with E-state index in [0.29, 0.717) is 5.69 Å². The highest BCUT2D eigenvalue weighted by atomic mass is 16.2. The molecule has 0 unspecified atom stereocenters. The van der Waals surface area contributed by atoms with E-state index in [1.54, 1.807) is 24.4 Å². The number of rotatable bonds is 4. The topological polar surface area (TPSA) is 96.8 Å². The van der Waals surface area contributed by atoms with Crippen molar-refractivity contribution in [1.29, 1.82) is 0 Å². The number of H-pyrrole nitrogens is 1. The molecular formula is C18H22N4O3. The minimum atomic E-state index is -0.597. The SMILES string of the molecule is O=C(NC1CCCCCC1)c1c[nH]c(=O)n(Cc2ccccn2)c1=O. The fourth-order valence-electron chi connectivity index (χ4n) is 3.16. The Balaban J connectivity index is 1.82. The summed E-state index contributed by atoms with van der Waals surface area (Å²) in [5.41, 5.74) is -0.613. The lowest BCUT2D eigenvalue weighted by molar-refractivity contribution is 0.0930. The Labute approximate surface area is 145 Å². The van der Waals surface area contributed by atoms with Crippen molar-refractivity contribution in [2.24, 2.45) is 0 Å². The summed E-state index contributed by atoms with van der Waals surface area (Å²) < 4.78 is 1.00. The Morgan fingerprint density at radius 3 is 2.64 bits per heavy atom. The van der Waals surface area contributed by atoms with Crippen LogP contribution in [0, 0.1) is 0 Å². The number of amides is 1. The molecule has 25 heavy (non-hydrogen) atoms. The highest BCUT2D eigenvalue weighted by Gasteiger charge is 2.19. The molecule has 1 aliphatic carbocycles. The van der Waals surface area contributed by atoms with Gasteiger partial charge in [0.2, 0.25) is 0 Å². The van der Waals surface area contributed by atoms with Gasteiger partial charge in [-0.05, 0) is 25.0 Å². The molecule has 0 spiro atoms. The normalized spacial score (nSPS) is 15.5. The first-order valence-corrected chi connectivity index (χ1v) is 8.68. The number of aromatic amines is 1. The van der Waals surface area contributed by atoms with Gasteiger partial charge in [-0.25, -0.2) is 4.79 Å². The number of carbonyl (C=O) groups is 1. The summed E-state index contributed by atoms with van der Waals surface area (Å²) in [7, 11) is 0. The molecule has 1 aliphatic rings. The summed E-state index contributed by atoms with van der Waals surface area (Å²) in [5.74, 6) is -0.428. The van der Waals surface area contributed by atoms with Crippen molar-refractivity contribution in [3.05, 3.63) is 62.7 Å². The van der Waals surface area contributed by atoms with Crippen molar-refractivity contribution in [2.75, 3.05) is 0 Å².